The molecule has 0 bridgehead atoms. The smallest absolute Gasteiger partial charge is 0.259 e. The topological polar surface area (TPSA) is 104 Å². The van der Waals surface area contributed by atoms with Crippen molar-refractivity contribution in [1.29, 1.82) is 0 Å². The van der Waals surface area contributed by atoms with Crippen molar-refractivity contribution in [3.63, 3.8) is 0 Å². The molecule has 4 rings (SSSR count). The van der Waals surface area contributed by atoms with E-state index in [1.165, 1.54) is 16.4 Å². The van der Waals surface area contributed by atoms with Crippen LogP contribution < -0.4 is 15.6 Å². The summed E-state index contributed by atoms with van der Waals surface area (Å²) in [5, 5.41) is 3.64. The van der Waals surface area contributed by atoms with E-state index in [0.29, 0.717) is 55.0 Å². The fourth-order valence-corrected chi connectivity index (χ4v) is 5.07. The van der Waals surface area contributed by atoms with Gasteiger partial charge in [0, 0.05) is 26.2 Å². The Morgan fingerprint density at radius 3 is 2.67 bits per heavy atom. The molecule has 0 spiro atoms. The van der Waals surface area contributed by atoms with Gasteiger partial charge in [-0.3, -0.25) is 4.79 Å². The number of benzene rings is 2. The highest BCUT2D eigenvalue weighted by Gasteiger charge is 2.27. The summed E-state index contributed by atoms with van der Waals surface area (Å²) in [4.78, 5) is 20.2. The Labute approximate surface area is 175 Å². The van der Waals surface area contributed by atoms with Gasteiger partial charge >= 0.3 is 0 Å². The number of fused-ring (bicyclic) bond motifs is 1. The number of nitrogens with one attached hydrogen (secondary N) is 2. The Morgan fingerprint density at radius 2 is 1.93 bits per heavy atom. The minimum Gasteiger partial charge on any atom is -0.493 e. The average molecular weight is 429 g/mol. The molecule has 0 radical (unpaired) electrons. The van der Waals surface area contributed by atoms with Crippen molar-refractivity contribution in [3.8, 4) is 17.1 Å². The van der Waals surface area contributed by atoms with Crippen LogP contribution in [0.1, 0.15) is 12.5 Å². The molecule has 0 aliphatic carbocycles. The fourth-order valence-electron chi connectivity index (χ4n) is 3.60. The van der Waals surface area contributed by atoms with E-state index in [-0.39, 0.29) is 16.3 Å². The Balaban J connectivity index is 1.88. The van der Waals surface area contributed by atoms with Crippen LogP contribution in [0.25, 0.3) is 22.3 Å². The molecule has 1 saturated heterocycles. The van der Waals surface area contributed by atoms with Crippen LogP contribution in [0.15, 0.2) is 46.1 Å². The van der Waals surface area contributed by atoms with Crippen molar-refractivity contribution in [3.05, 3.63) is 52.3 Å². The number of aromatic nitrogens is 2. The Bertz CT molecular complexity index is 1250. The van der Waals surface area contributed by atoms with Gasteiger partial charge in [0.25, 0.3) is 5.56 Å². The molecule has 2 aromatic carbocycles. The largest absolute Gasteiger partial charge is 0.493 e. The van der Waals surface area contributed by atoms with Crippen LogP contribution in [0, 0.1) is 6.92 Å². The van der Waals surface area contributed by atoms with E-state index < -0.39 is 10.0 Å². The zero-order valence-electron chi connectivity index (χ0n) is 16.9. The summed E-state index contributed by atoms with van der Waals surface area (Å²) in [6, 6.07) is 10.1. The zero-order chi connectivity index (χ0) is 21.3. The van der Waals surface area contributed by atoms with Crippen molar-refractivity contribution in [1.82, 2.24) is 19.6 Å². The molecule has 1 fully saturated rings. The molecule has 3 aromatic rings. The lowest BCUT2D eigenvalue weighted by molar-refractivity contribution is 0.341. The maximum absolute atomic E-state index is 13.1. The van der Waals surface area contributed by atoms with Gasteiger partial charge < -0.3 is 15.0 Å². The molecule has 8 nitrogen and oxygen atoms in total. The molecule has 2 heterocycles. The predicted molar refractivity (Wildman–Crippen MR) is 115 cm³/mol. The lowest BCUT2D eigenvalue weighted by atomic mass is 10.1. The predicted octanol–water partition coefficient (Wildman–Crippen LogP) is 1.89. The molecule has 1 aliphatic rings. The van der Waals surface area contributed by atoms with E-state index in [2.05, 4.69) is 15.3 Å². The highest BCUT2D eigenvalue weighted by Crippen LogP contribution is 2.32. The van der Waals surface area contributed by atoms with Gasteiger partial charge in [-0.15, -0.1) is 0 Å². The van der Waals surface area contributed by atoms with Crippen molar-refractivity contribution in [2.75, 3.05) is 32.8 Å². The minimum absolute atomic E-state index is 0.149. The Hall–Kier alpha value is -2.75. The van der Waals surface area contributed by atoms with Crippen LogP contribution in [0.2, 0.25) is 0 Å². The number of aromatic amines is 1. The van der Waals surface area contributed by atoms with Gasteiger partial charge in [-0.25, -0.2) is 13.4 Å². The third-order valence-corrected chi connectivity index (χ3v) is 7.05. The van der Waals surface area contributed by atoms with Crippen LogP contribution in [-0.4, -0.2) is 55.5 Å². The molecule has 1 aromatic heterocycles. The second-order valence-electron chi connectivity index (χ2n) is 7.13. The van der Waals surface area contributed by atoms with Crippen molar-refractivity contribution in [2.24, 2.45) is 0 Å². The van der Waals surface area contributed by atoms with E-state index in [0.717, 1.165) is 5.56 Å². The van der Waals surface area contributed by atoms with Gasteiger partial charge in [0.2, 0.25) is 10.0 Å². The summed E-state index contributed by atoms with van der Waals surface area (Å²) in [6.45, 7) is 6.17. The summed E-state index contributed by atoms with van der Waals surface area (Å²) >= 11 is 0. The van der Waals surface area contributed by atoms with Gasteiger partial charge in [0.15, 0.2) is 0 Å². The van der Waals surface area contributed by atoms with Crippen molar-refractivity contribution >= 4 is 20.9 Å². The number of rotatable bonds is 5. The quantitative estimate of drug-likeness (QED) is 0.643. The van der Waals surface area contributed by atoms with Crippen molar-refractivity contribution < 1.29 is 13.2 Å². The first-order valence-corrected chi connectivity index (χ1v) is 11.3. The normalized spacial score (nSPS) is 15.4. The molecule has 0 atom stereocenters. The van der Waals surface area contributed by atoms with Crippen molar-refractivity contribution in [2.45, 2.75) is 18.7 Å². The van der Waals surface area contributed by atoms with Crippen LogP contribution in [0.3, 0.4) is 0 Å². The number of aryl methyl sites for hydroxylation is 1. The first-order valence-electron chi connectivity index (χ1n) is 9.89. The number of hydrogen-bond acceptors (Lipinski definition) is 6. The molecule has 30 heavy (non-hydrogen) atoms. The first-order chi connectivity index (χ1) is 14.4. The number of sulfonamides is 1. The SMILES string of the molecule is CCOc1ccc(S(=O)(=O)N2CCNCC2)cc1-c1nc2c(C)cccc2c(=O)[nH]1. The highest BCUT2D eigenvalue weighted by molar-refractivity contribution is 7.89. The molecule has 0 unspecified atom stereocenters. The molecule has 0 amide bonds. The zero-order valence-corrected chi connectivity index (χ0v) is 17.8. The summed E-state index contributed by atoms with van der Waals surface area (Å²) in [5.74, 6) is 0.746. The molecule has 158 valence electrons. The summed E-state index contributed by atoms with van der Waals surface area (Å²) in [7, 11) is -3.67. The first kappa shape index (κ1) is 20.5. The van der Waals surface area contributed by atoms with Gasteiger partial charge in [-0.2, -0.15) is 4.31 Å². The summed E-state index contributed by atoms with van der Waals surface area (Å²) in [6.07, 6.45) is 0. The number of hydrogen-bond donors (Lipinski definition) is 2. The third kappa shape index (κ3) is 3.71. The van der Waals surface area contributed by atoms with Crippen LogP contribution >= 0.6 is 0 Å². The number of nitrogens with zero attached hydrogens (tertiary/aromatic N) is 2. The van der Waals surface area contributed by atoms with E-state index in [4.69, 9.17) is 4.74 Å². The number of ether oxygens (including phenoxy) is 1. The summed E-state index contributed by atoms with van der Waals surface area (Å²) in [5.41, 5.74) is 1.60. The molecule has 1 aliphatic heterocycles. The number of para-hydroxylation sites is 1. The van der Waals surface area contributed by atoms with Gasteiger partial charge in [0.1, 0.15) is 11.6 Å². The third-order valence-electron chi connectivity index (χ3n) is 5.16. The van der Waals surface area contributed by atoms with Gasteiger partial charge in [-0.05, 0) is 43.7 Å². The molecule has 0 saturated carbocycles. The minimum atomic E-state index is -3.67. The van der Waals surface area contributed by atoms with E-state index in [9.17, 15) is 13.2 Å². The van der Waals surface area contributed by atoms with E-state index in [1.54, 1.807) is 18.2 Å². The lowest BCUT2D eigenvalue weighted by Crippen LogP contribution is -2.46. The average Bonchev–Trinajstić information content (AvgIpc) is 2.75. The Kier molecular flexibility index (Phi) is 5.59. The fraction of sp³-hybridized carbons (Fsp3) is 0.333. The molecule has 2 N–H and O–H groups in total. The Morgan fingerprint density at radius 1 is 1.17 bits per heavy atom. The van der Waals surface area contributed by atoms with Gasteiger partial charge in [0.05, 0.1) is 28.0 Å². The van der Waals surface area contributed by atoms with Crippen LogP contribution in [0.4, 0.5) is 0 Å². The summed E-state index contributed by atoms with van der Waals surface area (Å²) < 4.78 is 33.4. The number of H-pyrrole nitrogens is 1. The van der Waals surface area contributed by atoms with E-state index >= 15 is 0 Å². The number of piperazine rings is 1. The van der Waals surface area contributed by atoms with Crippen LogP contribution in [0.5, 0.6) is 5.75 Å². The molecular formula is C21H24N4O4S. The second kappa shape index (κ2) is 8.17. The lowest BCUT2D eigenvalue weighted by Gasteiger charge is -2.26. The van der Waals surface area contributed by atoms with Gasteiger partial charge in [-0.1, -0.05) is 12.1 Å². The van der Waals surface area contributed by atoms with Crippen LogP contribution in [-0.2, 0) is 10.0 Å². The standard InChI is InChI=1S/C21H24N4O4S/c1-3-29-18-8-7-15(30(27,28)25-11-9-22-10-12-25)13-17(18)20-23-19-14(2)5-4-6-16(19)21(26)24-20/h4-8,13,22H,3,9-12H2,1-2H3,(H,23,24,26). The molecule has 9 heteroatoms. The second-order valence-corrected chi connectivity index (χ2v) is 9.07. The monoisotopic (exact) mass is 428 g/mol. The molecular weight excluding hydrogens is 404 g/mol. The highest BCUT2D eigenvalue weighted by atomic mass is 32.2. The maximum Gasteiger partial charge on any atom is 0.259 e. The maximum atomic E-state index is 13.1. The van der Waals surface area contributed by atoms with E-state index in [1.807, 2.05) is 19.9 Å².